The van der Waals surface area contributed by atoms with Crippen LogP contribution in [0.4, 0.5) is 4.39 Å². The van der Waals surface area contributed by atoms with Crippen LogP contribution in [0.1, 0.15) is 22.9 Å². The lowest BCUT2D eigenvalue weighted by Crippen LogP contribution is -2.02. The van der Waals surface area contributed by atoms with Crippen LogP contribution >= 0.6 is 15.9 Å². The number of hydrogen-bond donors (Lipinski definition) is 0. The predicted molar refractivity (Wildman–Crippen MR) is 70.7 cm³/mol. The predicted octanol–water partition coefficient (Wildman–Crippen LogP) is 4.15. The summed E-state index contributed by atoms with van der Waals surface area (Å²) in [6.07, 6.45) is 0. The Labute approximate surface area is 112 Å². The molecule has 5 heteroatoms. The quantitative estimate of drug-likeness (QED) is 0.631. The average molecular weight is 309 g/mol. The molecule has 1 atom stereocenters. The lowest BCUT2D eigenvalue weighted by atomic mass is 10.0. The van der Waals surface area contributed by atoms with Crippen LogP contribution in [0.5, 0.6) is 0 Å². The van der Waals surface area contributed by atoms with E-state index < -0.39 is 12.0 Å². The van der Waals surface area contributed by atoms with Crippen molar-refractivity contribution < 1.29 is 4.39 Å². The third-order valence-electron chi connectivity index (χ3n) is 2.61. The van der Waals surface area contributed by atoms with E-state index >= 15 is 0 Å². The summed E-state index contributed by atoms with van der Waals surface area (Å²) < 4.78 is 14.2. The maximum absolute atomic E-state index is 13.4. The van der Waals surface area contributed by atoms with E-state index in [1.54, 1.807) is 37.3 Å². The fourth-order valence-electron chi connectivity index (χ4n) is 1.63. The Bertz CT molecular complexity index is 589. The van der Waals surface area contributed by atoms with Crippen LogP contribution in [0, 0.1) is 17.8 Å². The second kappa shape index (κ2) is 5.35. The molecule has 0 bridgehead atoms. The van der Waals surface area contributed by atoms with Crippen molar-refractivity contribution in [1.82, 2.24) is 4.98 Å². The van der Waals surface area contributed by atoms with E-state index in [-0.39, 0.29) is 0 Å². The zero-order valence-corrected chi connectivity index (χ0v) is 11.2. The van der Waals surface area contributed by atoms with Crippen molar-refractivity contribution in [3.63, 3.8) is 0 Å². The number of nitroso groups, excluding NO2 is 1. The minimum absolute atomic E-state index is 0.311. The number of benzene rings is 1. The fourth-order valence-corrected chi connectivity index (χ4v) is 2.05. The Balaban J connectivity index is 2.45. The molecule has 92 valence electrons. The van der Waals surface area contributed by atoms with E-state index in [2.05, 4.69) is 26.1 Å². The molecule has 1 aromatic carbocycles. The highest BCUT2D eigenvalue weighted by molar-refractivity contribution is 9.10. The van der Waals surface area contributed by atoms with Gasteiger partial charge in [-0.15, -0.1) is 4.91 Å². The molecule has 1 unspecified atom stereocenters. The molecule has 1 aromatic heterocycles. The maximum Gasteiger partial charge on any atom is 0.216 e. The number of pyridine rings is 1. The van der Waals surface area contributed by atoms with Crippen molar-refractivity contribution in [2.24, 2.45) is 5.18 Å². The molecular weight excluding hydrogens is 299 g/mol. The molecule has 0 amide bonds. The zero-order valence-electron chi connectivity index (χ0n) is 9.60. The Kier molecular flexibility index (Phi) is 3.81. The lowest BCUT2D eigenvalue weighted by molar-refractivity contribution is 0.563. The number of rotatable bonds is 3. The standard InChI is InChI=1S/C13H10BrFN2O/c1-8-5-6-11(16-13(8)15)12(17-18)9-3-2-4-10(14)7-9/h2-7,12H,1H3. The molecule has 2 rings (SSSR count). The van der Waals surface area contributed by atoms with E-state index in [1.807, 2.05) is 6.07 Å². The van der Waals surface area contributed by atoms with Gasteiger partial charge >= 0.3 is 0 Å². The first-order valence-corrected chi connectivity index (χ1v) is 6.12. The highest BCUT2D eigenvalue weighted by Crippen LogP contribution is 2.27. The SMILES string of the molecule is Cc1ccc(C(N=O)c2cccc(Br)c2)nc1F. The highest BCUT2D eigenvalue weighted by Gasteiger charge is 2.17. The molecule has 0 aliphatic heterocycles. The topological polar surface area (TPSA) is 42.3 Å². The summed E-state index contributed by atoms with van der Waals surface area (Å²) in [5.41, 5.74) is 1.43. The van der Waals surface area contributed by atoms with Gasteiger partial charge in [-0.05, 0) is 30.7 Å². The van der Waals surface area contributed by atoms with Gasteiger partial charge in [0.15, 0.2) is 6.04 Å². The van der Waals surface area contributed by atoms with Gasteiger partial charge in [-0.1, -0.05) is 39.3 Å². The second-order valence-electron chi connectivity index (χ2n) is 3.91. The number of aryl methyl sites for hydroxylation is 1. The van der Waals surface area contributed by atoms with Crippen molar-refractivity contribution in [2.45, 2.75) is 13.0 Å². The van der Waals surface area contributed by atoms with Crippen molar-refractivity contribution in [1.29, 1.82) is 0 Å². The monoisotopic (exact) mass is 308 g/mol. The van der Waals surface area contributed by atoms with E-state index in [4.69, 9.17) is 0 Å². The van der Waals surface area contributed by atoms with Gasteiger partial charge in [-0.3, -0.25) is 0 Å². The molecule has 0 aliphatic rings. The molecular formula is C13H10BrFN2O. The molecule has 3 nitrogen and oxygen atoms in total. The van der Waals surface area contributed by atoms with Gasteiger partial charge in [-0.2, -0.15) is 4.39 Å². The summed E-state index contributed by atoms with van der Waals surface area (Å²) in [5, 5.41) is 3.04. The molecule has 0 saturated carbocycles. The molecule has 0 spiro atoms. The minimum atomic E-state index is -0.794. The van der Waals surface area contributed by atoms with Crippen LogP contribution in [-0.4, -0.2) is 4.98 Å². The summed E-state index contributed by atoms with van der Waals surface area (Å²) in [6.45, 7) is 1.62. The van der Waals surface area contributed by atoms with Gasteiger partial charge in [-0.25, -0.2) is 4.98 Å². The Morgan fingerprint density at radius 3 is 2.72 bits per heavy atom. The minimum Gasteiger partial charge on any atom is -0.222 e. The first-order valence-electron chi connectivity index (χ1n) is 5.33. The van der Waals surface area contributed by atoms with Crippen molar-refractivity contribution in [3.05, 3.63) is 68.5 Å². The van der Waals surface area contributed by atoms with Crippen molar-refractivity contribution >= 4 is 15.9 Å². The number of halogens is 2. The number of nitrogens with zero attached hydrogens (tertiary/aromatic N) is 2. The maximum atomic E-state index is 13.4. The molecule has 0 aliphatic carbocycles. The average Bonchev–Trinajstić information content (AvgIpc) is 2.35. The normalized spacial score (nSPS) is 12.2. The summed E-state index contributed by atoms with van der Waals surface area (Å²) >= 11 is 3.32. The fraction of sp³-hybridized carbons (Fsp3) is 0.154. The summed E-state index contributed by atoms with van der Waals surface area (Å²) in [6, 6.07) is 9.58. The highest BCUT2D eigenvalue weighted by atomic mass is 79.9. The van der Waals surface area contributed by atoms with Crippen molar-refractivity contribution in [2.75, 3.05) is 0 Å². The Morgan fingerprint density at radius 1 is 1.33 bits per heavy atom. The molecule has 18 heavy (non-hydrogen) atoms. The van der Waals surface area contributed by atoms with Gasteiger partial charge in [0.05, 0.1) is 5.69 Å². The molecule has 1 heterocycles. The first kappa shape index (κ1) is 12.8. The zero-order chi connectivity index (χ0) is 13.1. The van der Waals surface area contributed by atoms with E-state index in [9.17, 15) is 9.30 Å². The van der Waals surface area contributed by atoms with Crippen LogP contribution in [-0.2, 0) is 0 Å². The van der Waals surface area contributed by atoms with Crippen LogP contribution in [0.2, 0.25) is 0 Å². The van der Waals surface area contributed by atoms with Crippen LogP contribution in [0.25, 0.3) is 0 Å². The summed E-state index contributed by atoms with van der Waals surface area (Å²) in [7, 11) is 0. The Hall–Kier alpha value is -1.62. The van der Waals surface area contributed by atoms with E-state index in [0.717, 1.165) is 4.47 Å². The largest absolute Gasteiger partial charge is 0.222 e. The van der Waals surface area contributed by atoms with Gasteiger partial charge in [0.2, 0.25) is 5.95 Å². The molecule has 0 saturated heterocycles. The van der Waals surface area contributed by atoms with Gasteiger partial charge in [0.1, 0.15) is 0 Å². The van der Waals surface area contributed by atoms with Gasteiger partial charge < -0.3 is 0 Å². The third kappa shape index (κ3) is 2.61. The van der Waals surface area contributed by atoms with Gasteiger partial charge in [0.25, 0.3) is 0 Å². The number of hydrogen-bond acceptors (Lipinski definition) is 3. The van der Waals surface area contributed by atoms with Crippen LogP contribution < -0.4 is 0 Å². The number of aromatic nitrogens is 1. The van der Waals surface area contributed by atoms with E-state index in [0.29, 0.717) is 16.8 Å². The third-order valence-corrected chi connectivity index (χ3v) is 3.10. The van der Waals surface area contributed by atoms with Crippen molar-refractivity contribution in [3.8, 4) is 0 Å². The van der Waals surface area contributed by atoms with Crippen LogP contribution in [0.3, 0.4) is 0 Å². The summed E-state index contributed by atoms with van der Waals surface area (Å²) in [4.78, 5) is 14.8. The second-order valence-corrected chi connectivity index (χ2v) is 4.82. The van der Waals surface area contributed by atoms with Crippen LogP contribution in [0.15, 0.2) is 46.0 Å². The smallest absolute Gasteiger partial charge is 0.216 e. The summed E-state index contributed by atoms with van der Waals surface area (Å²) in [5.74, 6) is -0.573. The van der Waals surface area contributed by atoms with E-state index in [1.165, 1.54) is 0 Å². The molecule has 2 aromatic rings. The first-order chi connectivity index (χ1) is 8.61. The molecule has 0 radical (unpaired) electrons. The lowest BCUT2D eigenvalue weighted by Gasteiger charge is -2.10. The molecule has 0 fully saturated rings. The molecule has 0 N–H and O–H groups in total. The Morgan fingerprint density at radius 2 is 2.11 bits per heavy atom. The van der Waals surface area contributed by atoms with Gasteiger partial charge in [0, 0.05) is 10.0 Å².